The van der Waals surface area contributed by atoms with Crippen molar-refractivity contribution in [2.24, 2.45) is 0 Å². The van der Waals surface area contributed by atoms with E-state index in [1.807, 2.05) is 31.2 Å². The lowest BCUT2D eigenvalue weighted by Crippen LogP contribution is -2.20. The first-order valence-corrected chi connectivity index (χ1v) is 7.03. The molecule has 0 radical (unpaired) electrons. The van der Waals surface area contributed by atoms with Crippen LogP contribution >= 0.6 is 0 Å². The van der Waals surface area contributed by atoms with Crippen molar-refractivity contribution in [1.82, 2.24) is 5.32 Å². The predicted molar refractivity (Wildman–Crippen MR) is 83.5 cm³/mol. The molecule has 23 heavy (non-hydrogen) atoms. The van der Waals surface area contributed by atoms with Crippen molar-refractivity contribution in [3.63, 3.8) is 0 Å². The van der Waals surface area contributed by atoms with Crippen molar-refractivity contribution >= 4 is 12.0 Å². The van der Waals surface area contributed by atoms with Crippen LogP contribution in [0.4, 0.5) is 13.2 Å². The van der Waals surface area contributed by atoms with Crippen LogP contribution < -0.4 is 5.32 Å². The highest BCUT2D eigenvalue weighted by Crippen LogP contribution is 2.29. The Hall–Kier alpha value is -2.56. The monoisotopic (exact) mass is 319 g/mol. The van der Waals surface area contributed by atoms with Crippen molar-refractivity contribution in [2.45, 2.75) is 19.6 Å². The molecule has 0 fully saturated rings. The zero-order valence-electron chi connectivity index (χ0n) is 12.5. The van der Waals surface area contributed by atoms with E-state index >= 15 is 0 Å². The molecule has 0 aromatic heterocycles. The summed E-state index contributed by atoms with van der Waals surface area (Å²) in [5, 5.41) is 2.57. The van der Waals surface area contributed by atoms with E-state index in [9.17, 15) is 18.0 Å². The largest absolute Gasteiger partial charge is 0.416 e. The molecule has 2 nitrogen and oxygen atoms in total. The van der Waals surface area contributed by atoms with Crippen LogP contribution in [0, 0.1) is 6.92 Å². The van der Waals surface area contributed by atoms with E-state index in [1.165, 1.54) is 12.1 Å². The van der Waals surface area contributed by atoms with Gasteiger partial charge in [0, 0.05) is 12.6 Å². The van der Waals surface area contributed by atoms with Gasteiger partial charge in [-0.25, -0.2) is 0 Å². The summed E-state index contributed by atoms with van der Waals surface area (Å²) in [6, 6.07) is 12.5. The lowest BCUT2D eigenvalue weighted by Gasteiger charge is -2.09. The second-order valence-electron chi connectivity index (χ2n) is 5.16. The number of nitrogens with one attached hydrogen (secondary N) is 1. The molecule has 0 saturated carbocycles. The van der Waals surface area contributed by atoms with Crippen LogP contribution in [0.1, 0.15) is 22.3 Å². The Morgan fingerprint density at radius 1 is 1.13 bits per heavy atom. The molecule has 1 N–H and O–H groups in total. The number of amides is 1. The third-order valence-corrected chi connectivity index (χ3v) is 3.19. The van der Waals surface area contributed by atoms with E-state index in [1.54, 1.807) is 12.1 Å². The van der Waals surface area contributed by atoms with Gasteiger partial charge in [0.25, 0.3) is 0 Å². The average molecular weight is 319 g/mol. The topological polar surface area (TPSA) is 29.1 Å². The van der Waals surface area contributed by atoms with Crippen molar-refractivity contribution < 1.29 is 18.0 Å². The number of alkyl halides is 3. The Balaban J connectivity index is 1.94. The maximum Gasteiger partial charge on any atom is 0.416 e. The molecule has 2 rings (SSSR count). The highest BCUT2D eigenvalue weighted by molar-refractivity contribution is 5.91. The number of carbonyl (C=O) groups excluding carboxylic acids is 1. The molecule has 120 valence electrons. The van der Waals surface area contributed by atoms with Gasteiger partial charge in [-0.05, 0) is 36.3 Å². The summed E-state index contributed by atoms with van der Waals surface area (Å²) in [4.78, 5) is 11.7. The van der Waals surface area contributed by atoms with Gasteiger partial charge in [-0.2, -0.15) is 13.2 Å². The molecule has 0 heterocycles. The van der Waals surface area contributed by atoms with E-state index < -0.39 is 11.7 Å². The Kier molecular flexibility index (Phi) is 5.21. The number of halogens is 3. The smallest absolute Gasteiger partial charge is 0.348 e. The van der Waals surface area contributed by atoms with Crippen LogP contribution in [0.5, 0.6) is 0 Å². The highest BCUT2D eigenvalue weighted by Gasteiger charge is 2.30. The van der Waals surface area contributed by atoms with Gasteiger partial charge in [-0.3, -0.25) is 4.79 Å². The van der Waals surface area contributed by atoms with Crippen LogP contribution in [0.15, 0.2) is 54.6 Å². The summed E-state index contributed by atoms with van der Waals surface area (Å²) < 4.78 is 37.8. The van der Waals surface area contributed by atoms with Crippen LogP contribution in [-0.4, -0.2) is 5.91 Å². The summed E-state index contributed by atoms with van der Waals surface area (Å²) in [7, 11) is 0. The molecule has 0 unspecified atom stereocenters. The van der Waals surface area contributed by atoms with Gasteiger partial charge in [0.1, 0.15) is 0 Å². The van der Waals surface area contributed by atoms with Gasteiger partial charge >= 0.3 is 6.18 Å². The molecule has 2 aromatic carbocycles. The fourth-order valence-corrected chi connectivity index (χ4v) is 2.05. The Bertz CT molecular complexity index is 720. The number of hydrogen-bond donors (Lipinski definition) is 1. The number of carbonyl (C=O) groups is 1. The third kappa shape index (κ3) is 5.29. The Morgan fingerprint density at radius 2 is 1.87 bits per heavy atom. The van der Waals surface area contributed by atoms with E-state index in [0.717, 1.165) is 23.3 Å². The van der Waals surface area contributed by atoms with Crippen LogP contribution in [0.3, 0.4) is 0 Å². The van der Waals surface area contributed by atoms with E-state index in [-0.39, 0.29) is 12.5 Å². The minimum absolute atomic E-state index is 0.0426. The fraction of sp³-hybridized carbons (Fsp3) is 0.167. The Labute approximate surface area is 132 Å². The number of rotatable bonds is 4. The summed E-state index contributed by atoms with van der Waals surface area (Å²) in [5.74, 6) is -0.357. The average Bonchev–Trinajstić information content (AvgIpc) is 2.50. The number of benzene rings is 2. The molecule has 0 spiro atoms. The number of aryl methyl sites for hydroxylation is 1. The third-order valence-electron chi connectivity index (χ3n) is 3.19. The first kappa shape index (κ1) is 16.8. The van der Waals surface area contributed by atoms with Crippen LogP contribution in [-0.2, 0) is 17.5 Å². The molecular weight excluding hydrogens is 303 g/mol. The molecule has 0 aliphatic carbocycles. The molecule has 0 atom stereocenters. The molecule has 0 bridgehead atoms. The van der Waals surface area contributed by atoms with Crippen molar-refractivity contribution in [2.75, 3.05) is 0 Å². The van der Waals surface area contributed by atoms with Gasteiger partial charge in [0.05, 0.1) is 5.56 Å². The molecule has 5 heteroatoms. The predicted octanol–water partition coefficient (Wildman–Crippen LogP) is 4.34. The van der Waals surface area contributed by atoms with E-state index in [4.69, 9.17) is 0 Å². The first-order valence-electron chi connectivity index (χ1n) is 7.03. The van der Waals surface area contributed by atoms with Gasteiger partial charge < -0.3 is 5.32 Å². The lowest BCUT2D eigenvalue weighted by atomic mass is 10.1. The molecule has 1 amide bonds. The van der Waals surface area contributed by atoms with E-state index in [0.29, 0.717) is 5.56 Å². The second kappa shape index (κ2) is 7.13. The summed E-state index contributed by atoms with van der Waals surface area (Å²) >= 11 is 0. The molecule has 0 aliphatic heterocycles. The van der Waals surface area contributed by atoms with Crippen LogP contribution in [0.25, 0.3) is 6.08 Å². The zero-order chi connectivity index (χ0) is 16.9. The van der Waals surface area contributed by atoms with Gasteiger partial charge in [0.2, 0.25) is 5.91 Å². The summed E-state index contributed by atoms with van der Waals surface area (Å²) in [5.41, 5.74) is 1.65. The summed E-state index contributed by atoms with van der Waals surface area (Å²) in [6.45, 7) is 1.99. The Morgan fingerprint density at radius 3 is 2.57 bits per heavy atom. The maximum atomic E-state index is 12.6. The lowest BCUT2D eigenvalue weighted by molar-refractivity contribution is -0.137. The standard InChI is InChI=1S/C18H16F3NO/c1-13-4-2-5-14(10-13)8-9-17(23)22-12-15-6-3-7-16(11-15)18(19,20)21/h2-11H,12H2,1H3,(H,22,23)/b9-8+. The number of hydrogen-bond acceptors (Lipinski definition) is 1. The zero-order valence-corrected chi connectivity index (χ0v) is 12.5. The van der Waals surface area contributed by atoms with Crippen molar-refractivity contribution in [3.8, 4) is 0 Å². The van der Waals surface area contributed by atoms with Gasteiger partial charge in [-0.1, -0.05) is 42.0 Å². The normalized spacial score (nSPS) is 11.7. The molecular formula is C18H16F3NO. The van der Waals surface area contributed by atoms with Crippen molar-refractivity contribution in [1.29, 1.82) is 0 Å². The summed E-state index contributed by atoms with van der Waals surface area (Å²) in [6.07, 6.45) is -1.36. The maximum absolute atomic E-state index is 12.6. The minimum atomic E-state index is -4.38. The molecule has 0 aliphatic rings. The van der Waals surface area contributed by atoms with E-state index in [2.05, 4.69) is 5.32 Å². The van der Waals surface area contributed by atoms with Crippen LogP contribution in [0.2, 0.25) is 0 Å². The molecule has 0 saturated heterocycles. The highest BCUT2D eigenvalue weighted by atomic mass is 19.4. The second-order valence-corrected chi connectivity index (χ2v) is 5.16. The fourth-order valence-electron chi connectivity index (χ4n) is 2.05. The van der Waals surface area contributed by atoms with Crippen molar-refractivity contribution in [3.05, 3.63) is 76.9 Å². The first-order chi connectivity index (χ1) is 10.8. The molecule has 2 aromatic rings. The SMILES string of the molecule is Cc1cccc(/C=C/C(=O)NCc2cccc(C(F)(F)F)c2)c1. The minimum Gasteiger partial charge on any atom is -0.348 e. The quantitative estimate of drug-likeness (QED) is 0.834. The van der Waals surface area contributed by atoms with Gasteiger partial charge in [-0.15, -0.1) is 0 Å². The van der Waals surface area contributed by atoms with Gasteiger partial charge in [0.15, 0.2) is 0 Å².